The first-order valence-electron chi connectivity index (χ1n) is 15.3. The van der Waals surface area contributed by atoms with Gasteiger partial charge in [-0.15, -0.1) is 0 Å². The van der Waals surface area contributed by atoms with E-state index in [4.69, 9.17) is 4.74 Å². The van der Waals surface area contributed by atoms with Crippen molar-refractivity contribution in [3.8, 4) is 33.6 Å². The maximum Gasteiger partial charge on any atom is 0.407 e. The van der Waals surface area contributed by atoms with Gasteiger partial charge in [-0.2, -0.15) is 0 Å². The molecule has 12 heteroatoms. The molecule has 2 fully saturated rings. The minimum Gasteiger partial charge on any atom is -0.453 e. The zero-order valence-electron chi connectivity index (χ0n) is 25.5. The van der Waals surface area contributed by atoms with Crippen LogP contribution in [-0.4, -0.2) is 63.1 Å². The first-order chi connectivity index (χ1) is 21.7. The number of carbonyl (C=O) groups excluding carboxylic acids is 2. The Bertz CT molecular complexity index is 1690. The highest BCUT2D eigenvalue weighted by Crippen LogP contribution is 2.35. The van der Waals surface area contributed by atoms with Gasteiger partial charge in [0.1, 0.15) is 29.3 Å². The van der Waals surface area contributed by atoms with Gasteiger partial charge in [0.15, 0.2) is 0 Å². The number of aromatic nitrogens is 4. The minimum absolute atomic E-state index is 0.153. The largest absolute Gasteiger partial charge is 0.453 e. The Morgan fingerprint density at radius 2 is 1.76 bits per heavy atom. The Morgan fingerprint density at radius 1 is 1.02 bits per heavy atom. The normalized spacial score (nSPS) is 18.8. The molecule has 236 valence electrons. The average Bonchev–Trinajstić information content (AvgIpc) is 3.85. The Labute approximate surface area is 260 Å². The summed E-state index contributed by atoms with van der Waals surface area (Å²) in [5.41, 5.74) is 2.75. The Balaban J connectivity index is 1.18. The summed E-state index contributed by atoms with van der Waals surface area (Å²) in [5.74, 6) is 0.0400. The highest BCUT2D eigenvalue weighted by molar-refractivity contribution is 5.86. The SMILES string of the molecule is COC(=O)N[C@H](C(=O)N1CCC[C@H]1c1ncc(-c2ccc(-c3ccc(-c4c[nH]c([C@@H]5CCCN5)n4)c(F)c3)cc2F)[nH]1)C(C)C. The molecule has 2 aromatic heterocycles. The number of halogens is 2. The van der Waals surface area contributed by atoms with Crippen LogP contribution >= 0.6 is 0 Å². The molecule has 4 aromatic rings. The number of nitrogens with one attached hydrogen (secondary N) is 4. The molecule has 0 aliphatic carbocycles. The van der Waals surface area contributed by atoms with E-state index in [1.165, 1.54) is 19.2 Å². The molecule has 2 amide bonds. The zero-order valence-corrected chi connectivity index (χ0v) is 25.5. The molecular formula is C33H37F2N7O3. The molecule has 6 rings (SSSR count). The third-order valence-corrected chi connectivity index (χ3v) is 8.66. The molecule has 2 aliphatic heterocycles. The number of nitrogens with zero attached hydrogens (tertiary/aromatic N) is 3. The summed E-state index contributed by atoms with van der Waals surface area (Å²) >= 11 is 0. The number of hydrogen-bond acceptors (Lipinski definition) is 6. The fourth-order valence-electron chi connectivity index (χ4n) is 6.22. The highest BCUT2D eigenvalue weighted by atomic mass is 19.1. The van der Waals surface area contributed by atoms with Crippen molar-refractivity contribution in [1.29, 1.82) is 0 Å². The van der Waals surface area contributed by atoms with Gasteiger partial charge in [-0.05, 0) is 73.5 Å². The molecule has 4 heterocycles. The van der Waals surface area contributed by atoms with Crippen molar-refractivity contribution in [3.63, 3.8) is 0 Å². The number of aromatic amines is 2. The number of carbonyl (C=O) groups is 2. The van der Waals surface area contributed by atoms with E-state index in [1.807, 2.05) is 13.8 Å². The van der Waals surface area contributed by atoms with Crippen LogP contribution < -0.4 is 10.6 Å². The number of amides is 2. The topological polar surface area (TPSA) is 128 Å². The summed E-state index contributed by atoms with van der Waals surface area (Å²) in [5, 5.41) is 6.02. The van der Waals surface area contributed by atoms with E-state index < -0.39 is 23.8 Å². The number of imidazole rings is 2. The predicted molar refractivity (Wildman–Crippen MR) is 165 cm³/mol. The first kappa shape index (κ1) is 30.4. The van der Waals surface area contributed by atoms with Crippen LogP contribution in [-0.2, 0) is 9.53 Å². The molecule has 4 N–H and O–H groups in total. The van der Waals surface area contributed by atoms with Gasteiger partial charge < -0.3 is 30.2 Å². The average molecular weight is 618 g/mol. The number of alkyl carbamates (subject to hydrolysis) is 1. The number of hydrogen-bond donors (Lipinski definition) is 4. The van der Waals surface area contributed by atoms with Gasteiger partial charge in [0.25, 0.3) is 0 Å². The molecule has 45 heavy (non-hydrogen) atoms. The van der Waals surface area contributed by atoms with Gasteiger partial charge in [-0.25, -0.2) is 23.5 Å². The first-order valence-corrected chi connectivity index (χ1v) is 15.3. The second-order valence-electron chi connectivity index (χ2n) is 11.9. The van der Waals surface area contributed by atoms with Gasteiger partial charge in [-0.1, -0.05) is 26.0 Å². The molecule has 10 nitrogen and oxygen atoms in total. The summed E-state index contributed by atoms with van der Waals surface area (Å²) < 4.78 is 35.4. The fraction of sp³-hybridized carbons (Fsp3) is 0.394. The van der Waals surface area contributed by atoms with Crippen LogP contribution in [0, 0.1) is 17.6 Å². The lowest BCUT2D eigenvalue weighted by Gasteiger charge is -2.30. The maximum absolute atomic E-state index is 15.5. The van der Waals surface area contributed by atoms with Crippen molar-refractivity contribution in [2.24, 2.45) is 5.92 Å². The lowest BCUT2D eigenvalue weighted by molar-refractivity contribution is -0.135. The Hall–Kier alpha value is -4.58. The summed E-state index contributed by atoms with van der Waals surface area (Å²) in [6.45, 7) is 5.17. The molecule has 0 unspecified atom stereocenters. The number of rotatable bonds is 8. The van der Waals surface area contributed by atoms with Crippen molar-refractivity contribution in [1.82, 2.24) is 35.5 Å². The standard InChI is InChI=1S/C33H37F2N7O3/c1-18(2)29(41-33(44)45-3)32(43)42-13-5-7-28(42)31-38-17-27(40-31)22-11-9-20(15-24(22)35)19-8-10-21(23(34)14-19)26-16-37-30(39-26)25-6-4-12-36-25/h8-11,14-18,25,28-29,36H,4-7,12-13H2,1-3H3,(H,37,39)(H,38,40)(H,41,44)/t25-,28-,29-/m0/s1. The summed E-state index contributed by atoms with van der Waals surface area (Å²) in [6, 6.07) is 8.63. The molecule has 2 saturated heterocycles. The van der Waals surface area contributed by atoms with E-state index in [1.54, 1.807) is 41.6 Å². The minimum atomic E-state index is -0.748. The second kappa shape index (κ2) is 12.8. The molecule has 0 spiro atoms. The molecule has 3 atom stereocenters. The van der Waals surface area contributed by atoms with Crippen LogP contribution in [0.5, 0.6) is 0 Å². The molecule has 2 aromatic carbocycles. The van der Waals surface area contributed by atoms with Crippen LogP contribution in [0.4, 0.5) is 13.6 Å². The summed E-state index contributed by atoms with van der Waals surface area (Å²) in [6.07, 6.45) is 6.12. The number of benzene rings is 2. The van der Waals surface area contributed by atoms with E-state index in [0.29, 0.717) is 52.4 Å². The highest BCUT2D eigenvalue weighted by Gasteiger charge is 2.37. The van der Waals surface area contributed by atoms with Crippen LogP contribution in [0.1, 0.15) is 63.3 Å². The van der Waals surface area contributed by atoms with Crippen molar-refractivity contribution in [2.45, 2.75) is 57.7 Å². The van der Waals surface area contributed by atoms with Gasteiger partial charge in [0.2, 0.25) is 5.91 Å². The zero-order chi connectivity index (χ0) is 31.7. The Kier molecular flexibility index (Phi) is 8.66. The van der Waals surface area contributed by atoms with Crippen LogP contribution in [0.25, 0.3) is 33.6 Å². The molecular weight excluding hydrogens is 580 g/mol. The van der Waals surface area contributed by atoms with Gasteiger partial charge in [0, 0.05) is 23.9 Å². The fourth-order valence-corrected chi connectivity index (χ4v) is 6.22. The molecule has 2 aliphatic rings. The quantitative estimate of drug-likeness (QED) is 0.196. The summed E-state index contributed by atoms with van der Waals surface area (Å²) in [7, 11) is 1.26. The van der Waals surface area contributed by atoms with Crippen molar-refractivity contribution in [3.05, 3.63) is 72.1 Å². The second-order valence-corrected chi connectivity index (χ2v) is 11.9. The van der Waals surface area contributed by atoms with Crippen LogP contribution in [0.15, 0.2) is 48.8 Å². The number of likely N-dealkylation sites (tertiary alicyclic amines) is 1. The predicted octanol–water partition coefficient (Wildman–Crippen LogP) is 5.88. The monoisotopic (exact) mass is 617 g/mol. The van der Waals surface area contributed by atoms with Gasteiger partial charge in [0.05, 0.1) is 36.8 Å². The molecule has 0 bridgehead atoms. The summed E-state index contributed by atoms with van der Waals surface area (Å²) in [4.78, 5) is 42.4. The third-order valence-electron chi connectivity index (χ3n) is 8.66. The van der Waals surface area contributed by atoms with Crippen molar-refractivity contribution >= 4 is 12.0 Å². The van der Waals surface area contributed by atoms with E-state index in [2.05, 4.69) is 30.6 Å². The molecule has 0 radical (unpaired) electrons. The van der Waals surface area contributed by atoms with Crippen molar-refractivity contribution < 1.29 is 23.1 Å². The van der Waals surface area contributed by atoms with E-state index in [9.17, 15) is 9.59 Å². The smallest absolute Gasteiger partial charge is 0.407 e. The number of methoxy groups -OCH3 is 1. The lowest BCUT2D eigenvalue weighted by Crippen LogP contribution is -2.51. The van der Waals surface area contributed by atoms with E-state index >= 15 is 8.78 Å². The van der Waals surface area contributed by atoms with E-state index in [0.717, 1.165) is 31.6 Å². The van der Waals surface area contributed by atoms with Crippen LogP contribution in [0.2, 0.25) is 0 Å². The van der Waals surface area contributed by atoms with Crippen LogP contribution in [0.3, 0.4) is 0 Å². The number of H-pyrrole nitrogens is 2. The third kappa shape index (κ3) is 6.19. The Morgan fingerprint density at radius 3 is 2.40 bits per heavy atom. The maximum atomic E-state index is 15.5. The van der Waals surface area contributed by atoms with Gasteiger partial charge >= 0.3 is 6.09 Å². The number of ether oxygens (including phenoxy) is 1. The van der Waals surface area contributed by atoms with E-state index in [-0.39, 0.29) is 23.9 Å². The van der Waals surface area contributed by atoms with Crippen molar-refractivity contribution in [2.75, 3.05) is 20.2 Å². The lowest BCUT2D eigenvalue weighted by atomic mass is 10.00. The molecule has 0 saturated carbocycles. The van der Waals surface area contributed by atoms with Gasteiger partial charge in [-0.3, -0.25) is 4.79 Å².